The number of methoxy groups -OCH3 is 1. The number of carbonyl (C=O) groups excluding carboxylic acids is 2. The maximum atomic E-state index is 12.6. The van der Waals surface area contributed by atoms with Gasteiger partial charge in [-0.25, -0.2) is 0 Å². The average molecular weight is 456 g/mol. The minimum absolute atomic E-state index is 0. The molecule has 0 aliphatic carbocycles. The van der Waals surface area contributed by atoms with E-state index in [1.165, 1.54) is 7.11 Å². The third-order valence-electron chi connectivity index (χ3n) is 5.27. The van der Waals surface area contributed by atoms with Gasteiger partial charge in [-0.1, -0.05) is 31.7 Å². The highest BCUT2D eigenvalue weighted by Crippen LogP contribution is 2.19. The number of Topliss-reactive ketones (excluding diaryl/α,β-unsaturated/α-hetero) is 1. The van der Waals surface area contributed by atoms with Gasteiger partial charge in [0.05, 0.1) is 18.4 Å². The summed E-state index contributed by atoms with van der Waals surface area (Å²) in [6, 6.07) is 6.97. The molecule has 33 heavy (non-hydrogen) atoms. The van der Waals surface area contributed by atoms with Crippen LogP contribution < -0.4 is 11.3 Å². The number of carbonyl (C=O) groups is 3. The molecule has 176 valence electrons. The Morgan fingerprint density at radius 3 is 2.52 bits per heavy atom. The molecule has 0 aliphatic rings. The number of nitrogens with one attached hydrogen (secondary N) is 2. The zero-order valence-corrected chi connectivity index (χ0v) is 17.5. The molecule has 2 heterocycles. The van der Waals surface area contributed by atoms with Crippen molar-refractivity contribution in [3.63, 3.8) is 0 Å². The summed E-state index contributed by atoms with van der Waals surface area (Å²) in [6.07, 6.45) is 2.65. The topological polar surface area (TPSA) is 168 Å². The molecule has 0 radical (unpaired) electrons. The van der Waals surface area contributed by atoms with E-state index < -0.39 is 17.9 Å². The highest BCUT2D eigenvalue weighted by Gasteiger charge is 2.24. The van der Waals surface area contributed by atoms with Crippen molar-refractivity contribution in [2.45, 2.75) is 39.5 Å². The van der Waals surface area contributed by atoms with Crippen molar-refractivity contribution < 1.29 is 24.2 Å². The number of anilines is 1. The normalized spacial score (nSPS) is 11.5. The lowest BCUT2D eigenvalue weighted by Gasteiger charge is -2.13. The van der Waals surface area contributed by atoms with Crippen LogP contribution in [0, 0.1) is 5.92 Å². The summed E-state index contributed by atoms with van der Waals surface area (Å²) in [7, 11) is 1.21. The summed E-state index contributed by atoms with van der Waals surface area (Å²) in [4.78, 5) is 56.9. The van der Waals surface area contributed by atoms with Crippen LogP contribution in [0.25, 0.3) is 11.0 Å². The molecule has 0 spiro atoms. The summed E-state index contributed by atoms with van der Waals surface area (Å²) in [5, 5.41) is 9.31. The van der Waals surface area contributed by atoms with Crippen LogP contribution in [0.1, 0.15) is 48.2 Å². The number of nitrogen functional groups attached to an aromatic ring is 1. The number of rotatable bonds is 10. The van der Waals surface area contributed by atoms with Crippen LogP contribution in [-0.2, 0) is 27.2 Å². The van der Waals surface area contributed by atoms with Gasteiger partial charge in [-0.05, 0) is 30.4 Å². The average Bonchev–Trinajstić information content (AvgIpc) is 3.17. The third-order valence-corrected chi connectivity index (χ3v) is 5.27. The fourth-order valence-corrected chi connectivity index (χ4v) is 3.56. The summed E-state index contributed by atoms with van der Waals surface area (Å²) < 4.78 is 4.69. The van der Waals surface area contributed by atoms with E-state index in [2.05, 4.69) is 15.0 Å². The molecule has 10 nitrogen and oxygen atoms in total. The SMILES string of the molecule is C.COC(=O)[C@H](CCC(=O)O)CC(=O)c1ccc(CCc2c[nH]c3nc(N)[nH]c(=O)c23)cc1. The number of ketones is 1. The van der Waals surface area contributed by atoms with Gasteiger partial charge in [0.1, 0.15) is 5.65 Å². The zero-order valence-electron chi connectivity index (χ0n) is 17.5. The van der Waals surface area contributed by atoms with E-state index in [4.69, 9.17) is 15.6 Å². The first-order valence-electron chi connectivity index (χ1n) is 10.1. The van der Waals surface area contributed by atoms with Crippen LogP contribution in [0.2, 0.25) is 0 Å². The molecule has 3 rings (SSSR count). The van der Waals surface area contributed by atoms with Crippen molar-refractivity contribution in [2.75, 3.05) is 12.8 Å². The Labute approximate surface area is 190 Å². The van der Waals surface area contributed by atoms with E-state index in [1.54, 1.807) is 18.3 Å². The largest absolute Gasteiger partial charge is 0.481 e. The number of esters is 1. The maximum absolute atomic E-state index is 12.6. The Kier molecular flexibility index (Phi) is 8.49. The van der Waals surface area contributed by atoms with Crippen molar-refractivity contribution in [2.24, 2.45) is 5.92 Å². The zero-order chi connectivity index (χ0) is 23.3. The molecule has 3 aromatic rings. The summed E-state index contributed by atoms with van der Waals surface area (Å²) >= 11 is 0. The van der Waals surface area contributed by atoms with Gasteiger partial charge in [0.25, 0.3) is 5.56 Å². The Morgan fingerprint density at radius 1 is 1.18 bits per heavy atom. The predicted molar refractivity (Wildman–Crippen MR) is 123 cm³/mol. The number of ether oxygens (including phenoxy) is 1. The van der Waals surface area contributed by atoms with E-state index >= 15 is 0 Å². The second-order valence-electron chi connectivity index (χ2n) is 7.47. The minimum Gasteiger partial charge on any atom is -0.481 e. The van der Waals surface area contributed by atoms with Crippen LogP contribution >= 0.6 is 0 Å². The lowest BCUT2D eigenvalue weighted by Crippen LogP contribution is -2.21. The number of hydrogen-bond acceptors (Lipinski definition) is 7. The molecular formula is C23H28N4O6. The van der Waals surface area contributed by atoms with Crippen LogP contribution in [0.4, 0.5) is 5.95 Å². The number of aromatic nitrogens is 3. The summed E-state index contributed by atoms with van der Waals surface area (Å²) in [5.41, 5.74) is 7.90. The first kappa shape index (κ1) is 25.3. The number of aromatic amines is 2. The fourth-order valence-electron chi connectivity index (χ4n) is 3.56. The molecule has 1 atom stereocenters. The molecule has 10 heteroatoms. The van der Waals surface area contributed by atoms with Crippen LogP contribution in [-0.4, -0.2) is 44.9 Å². The quantitative estimate of drug-likeness (QED) is 0.266. The third kappa shape index (κ3) is 6.28. The van der Waals surface area contributed by atoms with Gasteiger partial charge in [-0.3, -0.25) is 24.2 Å². The molecule has 5 N–H and O–H groups in total. The molecule has 0 fully saturated rings. The van der Waals surface area contributed by atoms with Gasteiger partial charge in [-0.15, -0.1) is 0 Å². The molecule has 0 unspecified atom stereocenters. The van der Waals surface area contributed by atoms with Crippen molar-refractivity contribution in [1.82, 2.24) is 15.0 Å². The van der Waals surface area contributed by atoms with Gasteiger partial charge < -0.3 is 20.6 Å². The molecule has 0 amide bonds. The second kappa shape index (κ2) is 11.1. The van der Waals surface area contributed by atoms with Crippen LogP contribution in [0.15, 0.2) is 35.3 Å². The Balaban J connectivity index is 0.00000385. The van der Waals surface area contributed by atoms with Crippen LogP contribution in [0.5, 0.6) is 0 Å². The van der Waals surface area contributed by atoms with Crippen molar-refractivity contribution in [3.8, 4) is 0 Å². The number of nitrogens with two attached hydrogens (primary N) is 1. The summed E-state index contributed by atoms with van der Waals surface area (Å²) in [6.45, 7) is 0. The molecule has 0 aliphatic heterocycles. The van der Waals surface area contributed by atoms with Gasteiger partial charge in [0.15, 0.2) is 5.78 Å². The Morgan fingerprint density at radius 2 is 1.88 bits per heavy atom. The first-order chi connectivity index (χ1) is 15.3. The number of nitrogens with zero attached hydrogens (tertiary/aromatic N) is 1. The highest BCUT2D eigenvalue weighted by atomic mass is 16.5. The lowest BCUT2D eigenvalue weighted by molar-refractivity contribution is -0.146. The van der Waals surface area contributed by atoms with E-state index in [0.717, 1.165) is 11.1 Å². The van der Waals surface area contributed by atoms with Gasteiger partial charge in [-0.2, -0.15) is 4.98 Å². The van der Waals surface area contributed by atoms with E-state index in [9.17, 15) is 19.2 Å². The molecule has 0 saturated heterocycles. The number of carboxylic acids is 1. The fraction of sp³-hybridized carbons (Fsp3) is 0.348. The number of H-pyrrole nitrogens is 2. The number of fused-ring (bicyclic) bond motifs is 1. The van der Waals surface area contributed by atoms with Gasteiger partial charge in [0.2, 0.25) is 5.95 Å². The number of benzene rings is 1. The lowest BCUT2D eigenvalue weighted by atomic mass is 9.93. The smallest absolute Gasteiger partial charge is 0.309 e. The predicted octanol–water partition coefficient (Wildman–Crippen LogP) is 2.48. The molecule has 2 aromatic heterocycles. The van der Waals surface area contributed by atoms with E-state index in [0.29, 0.717) is 29.4 Å². The Bertz CT molecular complexity index is 1200. The van der Waals surface area contributed by atoms with Gasteiger partial charge in [0, 0.05) is 24.6 Å². The van der Waals surface area contributed by atoms with E-state index in [1.807, 2.05) is 12.1 Å². The van der Waals surface area contributed by atoms with Crippen LogP contribution in [0.3, 0.4) is 0 Å². The molecule has 0 saturated carbocycles. The maximum Gasteiger partial charge on any atom is 0.309 e. The number of carboxylic acid groups (broad SMARTS) is 1. The van der Waals surface area contributed by atoms with E-state index in [-0.39, 0.29) is 44.0 Å². The van der Waals surface area contributed by atoms with Crippen molar-refractivity contribution in [3.05, 3.63) is 57.5 Å². The van der Waals surface area contributed by atoms with Crippen molar-refractivity contribution >= 4 is 34.7 Å². The van der Waals surface area contributed by atoms with Crippen molar-refractivity contribution in [1.29, 1.82) is 0 Å². The number of aliphatic carboxylic acids is 1. The standard InChI is InChI=1S/C22H24N4O6.CH4/c1-32-21(31)14(8-9-17(28)29)10-16(27)13-5-2-12(3-6-13)4-7-15-11-24-19-18(15)20(30)26-22(23)25-19;/h2-3,5-6,11,14H,4,7-10H2,1H3,(H,28,29)(H4,23,24,25,26,30);1H4/t14-;/m1./s1. The second-order valence-corrected chi connectivity index (χ2v) is 7.47. The Hall–Kier alpha value is -3.95. The monoisotopic (exact) mass is 456 g/mol. The number of hydrogen-bond donors (Lipinski definition) is 4. The molecule has 1 aromatic carbocycles. The highest BCUT2D eigenvalue weighted by molar-refractivity contribution is 5.98. The number of aryl methyl sites for hydroxylation is 2. The molecular weight excluding hydrogens is 428 g/mol. The first-order valence-corrected chi connectivity index (χ1v) is 10.1. The minimum atomic E-state index is -1.04. The van der Waals surface area contributed by atoms with Gasteiger partial charge >= 0.3 is 11.9 Å². The molecule has 0 bridgehead atoms. The summed E-state index contributed by atoms with van der Waals surface area (Å²) in [5.74, 6) is -2.64.